The maximum absolute atomic E-state index is 5.49. The second-order valence-corrected chi connectivity index (χ2v) is 6.55. The van der Waals surface area contributed by atoms with Gasteiger partial charge in [-0.05, 0) is 44.9 Å². The molecule has 2 rings (SSSR count). The van der Waals surface area contributed by atoms with E-state index in [1.54, 1.807) is 7.11 Å². The van der Waals surface area contributed by atoms with Gasteiger partial charge in [0.05, 0.1) is 31.1 Å². The van der Waals surface area contributed by atoms with Crippen molar-refractivity contribution in [1.82, 2.24) is 20.4 Å². The van der Waals surface area contributed by atoms with Crippen molar-refractivity contribution in [3.05, 3.63) is 47.3 Å². The molecule has 2 N–H and O–H groups in total. The molecule has 0 atom stereocenters. The number of halogens is 1. The monoisotopic (exact) mass is 515 g/mol. The molecule has 0 amide bonds. The van der Waals surface area contributed by atoms with Crippen molar-refractivity contribution in [3.63, 3.8) is 0 Å². The first-order valence-electron chi connectivity index (χ1n) is 9.86. The van der Waals surface area contributed by atoms with Gasteiger partial charge in [0.2, 0.25) is 0 Å². The van der Waals surface area contributed by atoms with Gasteiger partial charge in [0.1, 0.15) is 0 Å². The number of nitrogens with one attached hydrogen (secondary N) is 2. The number of aromatic nitrogens is 2. The number of guanidine groups is 1. The molecule has 0 radical (unpaired) electrons. The Hall–Kier alpha value is -1.65. The Balaban J connectivity index is 0.00000420. The molecule has 0 unspecified atom stereocenters. The van der Waals surface area contributed by atoms with Gasteiger partial charge in [0.25, 0.3) is 0 Å². The lowest BCUT2D eigenvalue weighted by molar-refractivity contribution is 0.0698. The first kappa shape index (κ1) is 25.4. The van der Waals surface area contributed by atoms with Crippen molar-refractivity contribution in [1.29, 1.82) is 0 Å². The molecular formula is C21H34IN5O2. The maximum atomic E-state index is 5.49. The Morgan fingerprint density at radius 1 is 1.14 bits per heavy atom. The summed E-state index contributed by atoms with van der Waals surface area (Å²) in [6, 6.07) is 10.3. The third-order valence-electron chi connectivity index (χ3n) is 4.17. The summed E-state index contributed by atoms with van der Waals surface area (Å²) in [4.78, 5) is 4.75. The van der Waals surface area contributed by atoms with E-state index in [0.29, 0.717) is 26.4 Å². The highest BCUT2D eigenvalue weighted by Gasteiger charge is 2.08. The normalized spacial score (nSPS) is 11.2. The van der Waals surface area contributed by atoms with Crippen LogP contribution in [0.25, 0.3) is 5.69 Å². The van der Waals surface area contributed by atoms with Crippen LogP contribution in [0.2, 0.25) is 0 Å². The molecule has 0 fully saturated rings. The van der Waals surface area contributed by atoms with E-state index in [0.717, 1.165) is 48.1 Å². The fourth-order valence-corrected chi connectivity index (χ4v) is 2.86. The molecule has 0 spiro atoms. The lowest BCUT2D eigenvalue weighted by atomic mass is 10.2. The van der Waals surface area contributed by atoms with Gasteiger partial charge in [-0.15, -0.1) is 24.0 Å². The molecule has 0 saturated heterocycles. The number of aliphatic imine (C=N–C) groups is 1. The third-order valence-corrected chi connectivity index (χ3v) is 4.17. The molecule has 1 aromatic carbocycles. The maximum Gasteiger partial charge on any atom is 0.191 e. The van der Waals surface area contributed by atoms with Gasteiger partial charge in [0, 0.05) is 32.5 Å². The summed E-state index contributed by atoms with van der Waals surface area (Å²) in [6.45, 7) is 10.3. The van der Waals surface area contributed by atoms with E-state index >= 15 is 0 Å². The summed E-state index contributed by atoms with van der Waals surface area (Å²) in [5.74, 6) is 0.808. The number of rotatable bonds is 11. The van der Waals surface area contributed by atoms with Gasteiger partial charge in [-0.1, -0.05) is 18.2 Å². The van der Waals surface area contributed by atoms with Gasteiger partial charge in [-0.2, -0.15) is 5.10 Å². The number of benzene rings is 1. The zero-order chi connectivity index (χ0) is 20.2. The quantitative estimate of drug-likeness (QED) is 0.208. The van der Waals surface area contributed by atoms with E-state index < -0.39 is 0 Å². The van der Waals surface area contributed by atoms with Crippen LogP contribution in [0.3, 0.4) is 0 Å². The van der Waals surface area contributed by atoms with E-state index in [4.69, 9.17) is 14.5 Å². The summed E-state index contributed by atoms with van der Waals surface area (Å²) in [7, 11) is 1.68. The van der Waals surface area contributed by atoms with E-state index in [1.165, 1.54) is 0 Å². The second-order valence-electron chi connectivity index (χ2n) is 6.55. The first-order chi connectivity index (χ1) is 13.7. The van der Waals surface area contributed by atoms with Crippen LogP contribution in [-0.2, 0) is 16.0 Å². The zero-order valence-electron chi connectivity index (χ0n) is 17.9. The van der Waals surface area contributed by atoms with E-state index in [-0.39, 0.29) is 24.0 Å². The van der Waals surface area contributed by atoms with Gasteiger partial charge < -0.3 is 20.1 Å². The summed E-state index contributed by atoms with van der Waals surface area (Å²) < 4.78 is 12.4. The number of aryl methyl sites for hydroxylation is 2. The molecule has 0 aliphatic carbocycles. The van der Waals surface area contributed by atoms with Crippen LogP contribution in [0, 0.1) is 13.8 Å². The summed E-state index contributed by atoms with van der Waals surface area (Å²) in [6.07, 6.45) is 0.913. The van der Waals surface area contributed by atoms with Gasteiger partial charge in [-0.25, -0.2) is 9.67 Å². The van der Waals surface area contributed by atoms with Crippen LogP contribution in [0.1, 0.15) is 30.3 Å². The predicted octanol–water partition coefficient (Wildman–Crippen LogP) is 3.22. The molecule has 0 saturated carbocycles. The Labute approximate surface area is 191 Å². The number of nitrogens with zero attached hydrogens (tertiary/aromatic N) is 3. The topological polar surface area (TPSA) is 72.7 Å². The molecule has 1 aromatic heterocycles. The third kappa shape index (κ3) is 8.71. The summed E-state index contributed by atoms with van der Waals surface area (Å²) in [5, 5.41) is 11.3. The fourth-order valence-electron chi connectivity index (χ4n) is 2.86. The number of ether oxygens (including phenoxy) is 2. The second kappa shape index (κ2) is 14.4. The molecule has 7 nitrogen and oxygen atoms in total. The molecule has 0 aliphatic heterocycles. The van der Waals surface area contributed by atoms with Crippen molar-refractivity contribution in [2.75, 3.05) is 40.0 Å². The average molecular weight is 515 g/mol. The van der Waals surface area contributed by atoms with Crippen molar-refractivity contribution in [2.24, 2.45) is 4.99 Å². The van der Waals surface area contributed by atoms with E-state index in [1.807, 2.05) is 23.7 Å². The van der Waals surface area contributed by atoms with Crippen LogP contribution in [0.5, 0.6) is 0 Å². The van der Waals surface area contributed by atoms with Crippen molar-refractivity contribution in [3.8, 4) is 5.69 Å². The van der Waals surface area contributed by atoms with Crippen LogP contribution in [0.4, 0.5) is 0 Å². The highest BCUT2D eigenvalue weighted by molar-refractivity contribution is 14.0. The molecule has 2 aromatic rings. The largest absolute Gasteiger partial charge is 0.382 e. The molecular weight excluding hydrogens is 481 g/mol. The Kier molecular flexibility index (Phi) is 12.6. The van der Waals surface area contributed by atoms with Crippen LogP contribution in [-0.4, -0.2) is 55.8 Å². The Morgan fingerprint density at radius 2 is 1.93 bits per heavy atom. The van der Waals surface area contributed by atoms with Crippen molar-refractivity contribution in [2.45, 2.75) is 33.7 Å². The molecule has 1 heterocycles. The predicted molar refractivity (Wildman–Crippen MR) is 129 cm³/mol. The minimum absolute atomic E-state index is 0. The highest BCUT2D eigenvalue weighted by atomic mass is 127. The molecule has 0 aliphatic rings. The minimum Gasteiger partial charge on any atom is -0.382 e. The highest BCUT2D eigenvalue weighted by Crippen LogP contribution is 2.17. The Morgan fingerprint density at radius 3 is 2.62 bits per heavy atom. The summed E-state index contributed by atoms with van der Waals surface area (Å²) in [5.41, 5.74) is 4.33. The van der Waals surface area contributed by atoms with Crippen LogP contribution >= 0.6 is 24.0 Å². The number of hydrogen-bond donors (Lipinski definition) is 2. The summed E-state index contributed by atoms with van der Waals surface area (Å²) >= 11 is 0. The minimum atomic E-state index is 0. The molecule has 29 heavy (non-hydrogen) atoms. The molecule has 0 bridgehead atoms. The van der Waals surface area contributed by atoms with E-state index in [2.05, 4.69) is 47.8 Å². The number of methoxy groups -OCH3 is 1. The molecule has 8 heteroatoms. The smallest absolute Gasteiger partial charge is 0.191 e. The number of hydrogen-bond acceptors (Lipinski definition) is 4. The van der Waals surface area contributed by atoms with E-state index in [9.17, 15) is 0 Å². The first-order valence-corrected chi connectivity index (χ1v) is 9.86. The SMILES string of the molecule is CCNC(=NCc1ccccc1-n1nc(C)cc1C)NCCCOCCOC.I. The van der Waals surface area contributed by atoms with Crippen LogP contribution in [0.15, 0.2) is 35.3 Å². The fraction of sp³-hybridized carbons (Fsp3) is 0.524. The van der Waals surface area contributed by atoms with Gasteiger partial charge in [0.15, 0.2) is 5.96 Å². The number of para-hydroxylation sites is 1. The van der Waals surface area contributed by atoms with Gasteiger partial charge in [-0.3, -0.25) is 0 Å². The lowest BCUT2D eigenvalue weighted by Gasteiger charge is -2.13. The zero-order valence-corrected chi connectivity index (χ0v) is 20.2. The van der Waals surface area contributed by atoms with Gasteiger partial charge >= 0.3 is 0 Å². The molecule has 162 valence electrons. The van der Waals surface area contributed by atoms with Crippen molar-refractivity contribution < 1.29 is 9.47 Å². The standard InChI is InChI=1S/C21H33N5O2.HI/c1-5-22-21(23-11-8-12-28-14-13-27-4)24-16-19-9-6-7-10-20(19)26-18(3)15-17(2)25-26;/h6-7,9-10,15H,5,8,11-14,16H2,1-4H3,(H2,22,23,24);1H. The van der Waals surface area contributed by atoms with Crippen molar-refractivity contribution >= 4 is 29.9 Å². The lowest BCUT2D eigenvalue weighted by Crippen LogP contribution is -2.38. The van der Waals surface area contributed by atoms with Crippen LogP contribution < -0.4 is 10.6 Å². The Bertz CT molecular complexity index is 748. The average Bonchev–Trinajstić information content (AvgIpc) is 3.03.